The SMILES string of the molecule is O=C1c2oc3ccccc3c(=O)c2[C@H](c2cccc([N+](=O)[O-])c2)N1c1nccs1. The molecule has 3 heterocycles. The Labute approximate surface area is 166 Å². The molecule has 0 fully saturated rings. The Hall–Kier alpha value is -3.85. The van der Waals surface area contributed by atoms with Gasteiger partial charge >= 0.3 is 0 Å². The lowest BCUT2D eigenvalue weighted by molar-refractivity contribution is -0.384. The van der Waals surface area contributed by atoms with Crippen molar-refractivity contribution >= 4 is 39.0 Å². The van der Waals surface area contributed by atoms with Gasteiger partial charge in [0, 0.05) is 23.7 Å². The minimum atomic E-state index is -0.871. The number of amides is 1. The fourth-order valence-corrected chi connectivity index (χ4v) is 4.24. The van der Waals surface area contributed by atoms with Crippen molar-refractivity contribution in [3.05, 3.63) is 97.3 Å². The number of thiazole rings is 1. The summed E-state index contributed by atoms with van der Waals surface area (Å²) in [5, 5.41) is 13.7. The zero-order chi connectivity index (χ0) is 20.1. The number of nitro groups is 1. The van der Waals surface area contributed by atoms with E-state index < -0.39 is 16.9 Å². The molecular formula is C20H11N3O5S. The number of para-hydroxylation sites is 1. The van der Waals surface area contributed by atoms with E-state index in [0.29, 0.717) is 21.7 Å². The molecule has 5 rings (SSSR count). The van der Waals surface area contributed by atoms with Crippen LogP contribution in [0.2, 0.25) is 0 Å². The van der Waals surface area contributed by atoms with Crippen molar-refractivity contribution in [2.24, 2.45) is 0 Å². The minimum Gasteiger partial charge on any atom is -0.450 e. The number of carbonyl (C=O) groups excluding carboxylic acids is 1. The highest BCUT2D eigenvalue weighted by atomic mass is 32.1. The molecule has 29 heavy (non-hydrogen) atoms. The van der Waals surface area contributed by atoms with Crippen molar-refractivity contribution in [1.29, 1.82) is 0 Å². The summed E-state index contributed by atoms with van der Waals surface area (Å²) in [7, 11) is 0. The second-order valence-corrected chi connectivity index (χ2v) is 7.29. The minimum absolute atomic E-state index is 0.0691. The van der Waals surface area contributed by atoms with Crippen LogP contribution in [-0.2, 0) is 0 Å². The van der Waals surface area contributed by atoms with E-state index in [4.69, 9.17) is 4.42 Å². The summed E-state index contributed by atoms with van der Waals surface area (Å²) >= 11 is 1.23. The van der Waals surface area contributed by atoms with Gasteiger partial charge in [-0.15, -0.1) is 11.3 Å². The van der Waals surface area contributed by atoms with E-state index in [1.807, 2.05) is 0 Å². The third-order valence-electron chi connectivity index (χ3n) is 4.80. The summed E-state index contributed by atoms with van der Waals surface area (Å²) in [5.41, 5.74) is 0.426. The Kier molecular flexibility index (Phi) is 3.78. The monoisotopic (exact) mass is 405 g/mol. The van der Waals surface area contributed by atoms with Gasteiger partial charge in [0.05, 0.1) is 21.9 Å². The molecule has 9 heteroatoms. The van der Waals surface area contributed by atoms with E-state index in [1.54, 1.807) is 41.9 Å². The molecule has 1 aliphatic heterocycles. The lowest BCUT2D eigenvalue weighted by atomic mass is 9.98. The van der Waals surface area contributed by atoms with Crippen LogP contribution in [0.1, 0.15) is 27.7 Å². The third-order valence-corrected chi connectivity index (χ3v) is 5.57. The highest BCUT2D eigenvalue weighted by molar-refractivity contribution is 7.13. The summed E-state index contributed by atoms with van der Waals surface area (Å²) in [4.78, 5) is 42.8. The van der Waals surface area contributed by atoms with Crippen LogP contribution in [0.15, 0.2) is 69.3 Å². The Balaban J connectivity index is 1.83. The molecule has 0 unspecified atom stereocenters. The molecule has 142 valence electrons. The van der Waals surface area contributed by atoms with E-state index in [0.717, 1.165) is 0 Å². The van der Waals surface area contributed by atoms with Gasteiger partial charge in [-0.2, -0.15) is 0 Å². The van der Waals surface area contributed by atoms with E-state index >= 15 is 0 Å². The molecule has 0 saturated carbocycles. The highest BCUT2D eigenvalue weighted by Gasteiger charge is 2.45. The Morgan fingerprint density at radius 2 is 1.97 bits per heavy atom. The normalized spacial score (nSPS) is 15.7. The van der Waals surface area contributed by atoms with Gasteiger partial charge in [0.1, 0.15) is 5.58 Å². The number of nitro benzene ring substituents is 1. The lowest BCUT2D eigenvalue weighted by Crippen LogP contribution is -2.29. The van der Waals surface area contributed by atoms with Crippen LogP contribution in [0.25, 0.3) is 11.0 Å². The molecule has 0 bridgehead atoms. The van der Waals surface area contributed by atoms with Gasteiger partial charge in [-0.25, -0.2) is 4.98 Å². The number of hydrogen-bond donors (Lipinski definition) is 0. The van der Waals surface area contributed by atoms with E-state index in [2.05, 4.69) is 4.98 Å². The first-order chi connectivity index (χ1) is 14.1. The highest BCUT2D eigenvalue weighted by Crippen LogP contribution is 2.42. The molecular weight excluding hydrogens is 394 g/mol. The number of aromatic nitrogens is 1. The zero-order valence-electron chi connectivity index (χ0n) is 14.6. The average molecular weight is 405 g/mol. The molecule has 0 N–H and O–H groups in total. The molecule has 0 aliphatic carbocycles. The average Bonchev–Trinajstić information content (AvgIpc) is 3.35. The van der Waals surface area contributed by atoms with Crippen molar-refractivity contribution in [1.82, 2.24) is 4.98 Å². The van der Waals surface area contributed by atoms with Crippen molar-refractivity contribution in [2.75, 3.05) is 4.90 Å². The van der Waals surface area contributed by atoms with Crippen LogP contribution < -0.4 is 10.3 Å². The van der Waals surface area contributed by atoms with Crippen LogP contribution in [0.4, 0.5) is 10.8 Å². The zero-order valence-corrected chi connectivity index (χ0v) is 15.5. The number of nitrogens with zero attached hydrogens (tertiary/aromatic N) is 3. The molecule has 1 aliphatic rings. The smallest absolute Gasteiger partial charge is 0.297 e. The maximum Gasteiger partial charge on any atom is 0.297 e. The maximum absolute atomic E-state index is 13.3. The molecule has 0 radical (unpaired) electrons. The van der Waals surface area contributed by atoms with Crippen molar-refractivity contribution in [3.8, 4) is 0 Å². The summed E-state index contributed by atoms with van der Waals surface area (Å²) in [6.07, 6.45) is 1.55. The quantitative estimate of drug-likeness (QED) is 0.378. The van der Waals surface area contributed by atoms with Gasteiger partial charge in [0.25, 0.3) is 11.6 Å². The summed E-state index contributed by atoms with van der Waals surface area (Å²) in [6, 6.07) is 11.7. The Morgan fingerprint density at radius 1 is 1.14 bits per heavy atom. The standard InChI is InChI=1S/C20H11N3O5S/c24-17-13-6-1-2-7-14(13)28-18-15(17)16(11-4-3-5-12(10-11)23(26)27)22(19(18)25)20-21-8-9-29-20/h1-10,16H/t16-/m0/s1. The lowest BCUT2D eigenvalue weighted by Gasteiger charge is -2.22. The summed E-state index contributed by atoms with van der Waals surface area (Å²) < 4.78 is 5.81. The van der Waals surface area contributed by atoms with Gasteiger partial charge in [-0.1, -0.05) is 24.3 Å². The summed E-state index contributed by atoms with van der Waals surface area (Å²) in [5.74, 6) is -0.574. The fraction of sp³-hybridized carbons (Fsp3) is 0.0500. The number of hydrogen-bond acceptors (Lipinski definition) is 7. The molecule has 0 spiro atoms. The van der Waals surface area contributed by atoms with E-state index in [1.165, 1.54) is 34.4 Å². The van der Waals surface area contributed by atoms with Crippen LogP contribution in [-0.4, -0.2) is 15.8 Å². The van der Waals surface area contributed by atoms with Gasteiger partial charge in [0.15, 0.2) is 10.6 Å². The topological polar surface area (TPSA) is 107 Å². The molecule has 1 amide bonds. The number of fused-ring (bicyclic) bond motifs is 2. The van der Waals surface area contributed by atoms with E-state index in [9.17, 15) is 19.7 Å². The van der Waals surface area contributed by atoms with Crippen LogP contribution in [0.3, 0.4) is 0 Å². The number of anilines is 1. The van der Waals surface area contributed by atoms with Gasteiger partial charge in [-0.3, -0.25) is 24.6 Å². The molecule has 8 nitrogen and oxygen atoms in total. The van der Waals surface area contributed by atoms with Crippen molar-refractivity contribution in [2.45, 2.75) is 6.04 Å². The molecule has 2 aromatic heterocycles. The predicted molar refractivity (Wildman–Crippen MR) is 106 cm³/mol. The number of rotatable bonds is 3. The fourth-order valence-electron chi connectivity index (χ4n) is 3.58. The number of non-ortho nitro benzene ring substituents is 1. The van der Waals surface area contributed by atoms with Crippen LogP contribution in [0, 0.1) is 10.1 Å². The predicted octanol–water partition coefficient (Wildman–Crippen LogP) is 3.91. The largest absolute Gasteiger partial charge is 0.450 e. The van der Waals surface area contributed by atoms with Crippen molar-refractivity contribution < 1.29 is 14.1 Å². The number of carbonyl (C=O) groups is 1. The molecule has 2 aromatic carbocycles. The Bertz CT molecular complexity index is 1350. The molecule has 4 aromatic rings. The Morgan fingerprint density at radius 3 is 2.72 bits per heavy atom. The summed E-state index contributed by atoms with van der Waals surface area (Å²) in [6.45, 7) is 0. The second kappa shape index (κ2) is 6.35. The molecule has 0 saturated heterocycles. The van der Waals surface area contributed by atoms with Crippen LogP contribution in [0.5, 0.6) is 0 Å². The van der Waals surface area contributed by atoms with Gasteiger partial charge in [0.2, 0.25) is 5.76 Å². The number of benzene rings is 2. The van der Waals surface area contributed by atoms with Crippen LogP contribution >= 0.6 is 11.3 Å². The maximum atomic E-state index is 13.3. The van der Waals surface area contributed by atoms with Crippen molar-refractivity contribution in [3.63, 3.8) is 0 Å². The third kappa shape index (κ3) is 2.55. The van der Waals surface area contributed by atoms with E-state index in [-0.39, 0.29) is 22.4 Å². The first-order valence-electron chi connectivity index (χ1n) is 8.59. The first-order valence-corrected chi connectivity index (χ1v) is 9.47. The second-order valence-electron chi connectivity index (χ2n) is 6.41. The van der Waals surface area contributed by atoms with Gasteiger partial charge in [-0.05, 0) is 17.7 Å². The molecule has 1 atom stereocenters. The van der Waals surface area contributed by atoms with Gasteiger partial charge < -0.3 is 4.42 Å². The first kappa shape index (κ1) is 17.3.